The molecule has 1 aliphatic heterocycles. The first-order valence-electron chi connectivity index (χ1n) is 9.81. The van der Waals surface area contributed by atoms with Gasteiger partial charge in [-0.1, -0.05) is 25.4 Å². The second-order valence-electron chi connectivity index (χ2n) is 7.64. The summed E-state index contributed by atoms with van der Waals surface area (Å²) in [7, 11) is -4.00. The van der Waals surface area contributed by atoms with E-state index in [4.69, 9.17) is 11.6 Å². The summed E-state index contributed by atoms with van der Waals surface area (Å²) in [6, 6.07) is 8.10. The van der Waals surface area contributed by atoms with Gasteiger partial charge >= 0.3 is 10.2 Å². The maximum Gasteiger partial charge on any atom is 0.301 e. The zero-order valence-electron chi connectivity index (χ0n) is 17.1. The summed E-state index contributed by atoms with van der Waals surface area (Å²) in [4.78, 5) is 0. The van der Waals surface area contributed by atoms with Gasteiger partial charge in [-0.3, -0.25) is 4.72 Å². The van der Waals surface area contributed by atoms with Gasteiger partial charge in [0.25, 0.3) is 0 Å². The Kier molecular flexibility index (Phi) is 8.00. The third-order valence-corrected chi connectivity index (χ3v) is 7.39. The van der Waals surface area contributed by atoms with Crippen LogP contribution in [0.1, 0.15) is 26.7 Å². The minimum absolute atomic E-state index is 0.149. The monoisotopic (exact) mass is 584 g/mol. The lowest BCUT2D eigenvalue weighted by atomic mass is 10.1. The van der Waals surface area contributed by atoms with Crippen molar-refractivity contribution in [3.05, 3.63) is 50.6 Å². The Morgan fingerprint density at radius 1 is 1.06 bits per heavy atom. The molecule has 0 bridgehead atoms. The topological polar surface area (TPSA) is 73.5 Å². The maximum absolute atomic E-state index is 14.6. The quantitative estimate of drug-likeness (QED) is 0.397. The SMILES string of the molecule is CC(C)NC1CCN(S(=O)(=O)Nc2ccc(Nc3ccc(I)cc3Cl)c(F)c2F)CC1. The number of nitrogens with zero attached hydrogens (tertiary/aromatic N) is 1. The van der Waals surface area contributed by atoms with E-state index in [0.717, 1.165) is 3.57 Å². The molecule has 0 saturated carbocycles. The van der Waals surface area contributed by atoms with E-state index in [1.807, 2.05) is 13.8 Å². The van der Waals surface area contributed by atoms with E-state index in [-0.39, 0.29) is 11.7 Å². The number of hydrogen-bond donors (Lipinski definition) is 3. The molecule has 11 heteroatoms. The van der Waals surface area contributed by atoms with Crippen molar-refractivity contribution >= 4 is 61.5 Å². The molecule has 1 heterocycles. The van der Waals surface area contributed by atoms with E-state index < -0.39 is 27.5 Å². The fourth-order valence-electron chi connectivity index (χ4n) is 3.40. The lowest BCUT2D eigenvalue weighted by Crippen LogP contribution is -2.48. The molecule has 3 rings (SSSR count). The van der Waals surface area contributed by atoms with Crippen LogP contribution in [0.4, 0.5) is 25.8 Å². The molecular weight excluding hydrogens is 561 g/mol. The first-order chi connectivity index (χ1) is 14.6. The molecule has 0 spiro atoms. The molecule has 3 N–H and O–H groups in total. The minimum Gasteiger partial charge on any atom is -0.352 e. The Labute approximate surface area is 200 Å². The van der Waals surface area contributed by atoms with Crippen molar-refractivity contribution in [3.8, 4) is 0 Å². The molecule has 1 fully saturated rings. The normalized spacial score (nSPS) is 16.0. The van der Waals surface area contributed by atoms with Crippen molar-refractivity contribution in [2.24, 2.45) is 0 Å². The van der Waals surface area contributed by atoms with Crippen molar-refractivity contribution in [2.45, 2.75) is 38.8 Å². The van der Waals surface area contributed by atoms with Crippen LogP contribution < -0.4 is 15.4 Å². The molecule has 170 valence electrons. The van der Waals surface area contributed by atoms with Crippen LogP contribution in [0.15, 0.2) is 30.3 Å². The zero-order chi connectivity index (χ0) is 22.8. The summed E-state index contributed by atoms with van der Waals surface area (Å²) < 4.78 is 58.9. The van der Waals surface area contributed by atoms with Crippen LogP contribution >= 0.6 is 34.2 Å². The summed E-state index contributed by atoms with van der Waals surface area (Å²) in [5, 5.41) is 6.48. The van der Waals surface area contributed by atoms with E-state index in [1.54, 1.807) is 18.2 Å². The zero-order valence-corrected chi connectivity index (χ0v) is 20.8. The number of benzene rings is 2. The van der Waals surface area contributed by atoms with Gasteiger partial charge in [-0.25, -0.2) is 8.78 Å². The Morgan fingerprint density at radius 2 is 1.65 bits per heavy atom. The van der Waals surface area contributed by atoms with E-state index in [9.17, 15) is 17.2 Å². The smallest absolute Gasteiger partial charge is 0.301 e. The Hall–Kier alpha value is -1.21. The fourth-order valence-corrected chi connectivity index (χ4v) is 5.56. The first kappa shape index (κ1) is 24.4. The molecule has 31 heavy (non-hydrogen) atoms. The standard InChI is InChI=1S/C20H24ClF2IN4O2S/c1-12(2)25-14-7-9-28(10-8-14)31(29,30)27-18-6-5-17(19(22)20(18)23)26-16-4-3-13(24)11-15(16)21/h3-6,11-12,14,25-27H,7-10H2,1-2H3. The summed E-state index contributed by atoms with van der Waals surface area (Å²) >= 11 is 8.22. The van der Waals surface area contributed by atoms with Gasteiger partial charge in [0.15, 0.2) is 11.6 Å². The van der Waals surface area contributed by atoms with Gasteiger partial charge in [0, 0.05) is 28.7 Å². The number of halogens is 4. The Balaban J connectivity index is 1.71. The summed E-state index contributed by atoms with van der Waals surface area (Å²) in [5.41, 5.74) is -0.185. The summed E-state index contributed by atoms with van der Waals surface area (Å²) in [6.07, 6.45) is 1.30. The van der Waals surface area contributed by atoms with Gasteiger partial charge in [0.05, 0.1) is 22.1 Å². The predicted octanol–water partition coefficient (Wildman–Crippen LogP) is 5.09. The van der Waals surface area contributed by atoms with Crippen molar-refractivity contribution in [3.63, 3.8) is 0 Å². The molecule has 2 aromatic rings. The second-order valence-corrected chi connectivity index (χ2v) is 11.0. The average Bonchev–Trinajstić information content (AvgIpc) is 2.69. The van der Waals surface area contributed by atoms with Gasteiger partial charge in [-0.15, -0.1) is 0 Å². The van der Waals surface area contributed by atoms with Crippen molar-refractivity contribution in [2.75, 3.05) is 23.1 Å². The molecule has 0 aliphatic carbocycles. The van der Waals surface area contributed by atoms with Gasteiger partial charge in [-0.05, 0) is 65.8 Å². The number of anilines is 3. The van der Waals surface area contributed by atoms with Gasteiger partial charge in [0.2, 0.25) is 0 Å². The average molecular weight is 585 g/mol. The Morgan fingerprint density at radius 3 is 2.26 bits per heavy atom. The van der Waals surface area contributed by atoms with Crippen LogP contribution in [-0.2, 0) is 10.2 Å². The van der Waals surface area contributed by atoms with E-state index in [1.165, 1.54) is 16.4 Å². The van der Waals surface area contributed by atoms with Crippen molar-refractivity contribution < 1.29 is 17.2 Å². The highest BCUT2D eigenvalue weighted by atomic mass is 127. The molecule has 0 radical (unpaired) electrons. The minimum atomic E-state index is -4.00. The predicted molar refractivity (Wildman–Crippen MR) is 129 cm³/mol. The van der Waals surface area contributed by atoms with Crippen LogP contribution in [0, 0.1) is 15.2 Å². The molecule has 2 aromatic carbocycles. The summed E-state index contributed by atoms with van der Waals surface area (Å²) in [6.45, 7) is 4.67. The fraction of sp³-hybridized carbons (Fsp3) is 0.400. The van der Waals surface area contributed by atoms with Crippen molar-refractivity contribution in [1.82, 2.24) is 9.62 Å². The van der Waals surface area contributed by atoms with E-state index in [0.29, 0.717) is 42.7 Å². The Bertz CT molecular complexity index is 1050. The lowest BCUT2D eigenvalue weighted by molar-refractivity contribution is 0.281. The molecule has 6 nitrogen and oxygen atoms in total. The maximum atomic E-state index is 14.6. The van der Waals surface area contributed by atoms with Crippen molar-refractivity contribution in [1.29, 1.82) is 0 Å². The lowest BCUT2D eigenvalue weighted by Gasteiger charge is -2.32. The summed E-state index contributed by atoms with van der Waals surface area (Å²) in [5.74, 6) is -2.48. The van der Waals surface area contributed by atoms with Crippen LogP contribution in [0.25, 0.3) is 0 Å². The molecule has 0 unspecified atom stereocenters. The van der Waals surface area contributed by atoms with E-state index in [2.05, 4.69) is 37.9 Å². The third kappa shape index (κ3) is 6.19. The number of hydrogen-bond acceptors (Lipinski definition) is 4. The molecule has 0 aromatic heterocycles. The van der Waals surface area contributed by atoms with Crippen LogP contribution in [0.2, 0.25) is 5.02 Å². The van der Waals surface area contributed by atoms with Gasteiger partial charge in [0.1, 0.15) is 0 Å². The van der Waals surface area contributed by atoms with Gasteiger partial charge < -0.3 is 10.6 Å². The molecule has 1 aliphatic rings. The molecule has 1 saturated heterocycles. The highest BCUT2D eigenvalue weighted by Gasteiger charge is 2.29. The number of nitrogens with one attached hydrogen (secondary N) is 3. The first-order valence-corrected chi connectivity index (χ1v) is 12.7. The van der Waals surface area contributed by atoms with E-state index >= 15 is 0 Å². The number of piperidine rings is 1. The molecule has 0 atom stereocenters. The highest BCUT2D eigenvalue weighted by Crippen LogP contribution is 2.31. The van der Waals surface area contributed by atoms with Crippen LogP contribution in [0.3, 0.4) is 0 Å². The second kappa shape index (κ2) is 10.2. The van der Waals surface area contributed by atoms with Crippen LogP contribution in [0.5, 0.6) is 0 Å². The van der Waals surface area contributed by atoms with Gasteiger partial charge in [-0.2, -0.15) is 12.7 Å². The highest BCUT2D eigenvalue weighted by molar-refractivity contribution is 14.1. The molecule has 0 amide bonds. The largest absolute Gasteiger partial charge is 0.352 e. The number of rotatable bonds is 7. The third-order valence-electron chi connectivity index (χ3n) is 4.88. The molecular formula is C20H24ClF2IN4O2S. The van der Waals surface area contributed by atoms with Crippen LogP contribution in [-0.4, -0.2) is 37.9 Å².